The van der Waals surface area contributed by atoms with Gasteiger partial charge in [0.1, 0.15) is 0 Å². The molecule has 1 aliphatic carbocycles. The van der Waals surface area contributed by atoms with Crippen molar-refractivity contribution in [1.82, 2.24) is 0 Å². The predicted octanol–water partition coefficient (Wildman–Crippen LogP) is 6.00. The number of ketones is 1. The lowest BCUT2D eigenvalue weighted by molar-refractivity contribution is -0.116. The molecule has 2 aromatic carbocycles. The Bertz CT molecular complexity index is 1040. The van der Waals surface area contributed by atoms with Gasteiger partial charge in [-0.25, -0.2) is 0 Å². The van der Waals surface area contributed by atoms with Gasteiger partial charge in [-0.15, -0.1) is 0 Å². The average molecular weight is 403 g/mol. The van der Waals surface area contributed by atoms with E-state index in [0.717, 1.165) is 34.5 Å². The number of aliphatic imine (C=N–C) groups is 1. The molecular formula is C25H23ClN2O. The monoisotopic (exact) mass is 402 g/mol. The number of nitrogens with zero attached hydrogens (tertiary/aromatic N) is 2. The molecule has 0 N–H and O–H groups in total. The van der Waals surface area contributed by atoms with Crippen LogP contribution in [0.15, 0.2) is 64.8 Å². The summed E-state index contributed by atoms with van der Waals surface area (Å²) in [5, 5.41) is 10.5. The van der Waals surface area contributed by atoms with Crippen LogP contribution in [0.4, 0.5) is 0 Å². The van der Waals surface area contributed by atoms with Crippen molar-refractivity contribution in [3.63, 3.8) is 0 Å². The molecule has 0 fully saturated rings. The van der Waals surface area contributed by atoms with Gasteiger partial charge >= 0.3 is 0 Å². The quantitative estimate of drug-likeness (QED) is 0.632. The lowest BCUT2D eigenvalue weighted by Gasteiger charge is -2.35. The van der Waals surface area contributed by atoms with E-state index in [4.69, 9.17) is 16.6 Å². The molecule has 0 radical (unpaired) electrons. The van der Waals surface area contributed by atoms with Gasteiger partial charge in [0.25, 0.3) is 0 Å². The largest absolute Gasteiger partial charge is 0.294 e. The molecule has 0 amide bonds. The van der Waals surface area contributed by atoms with Crippen LogP contribution in [0.2, 0.25) is 5.02 Å². The third-order valence-corrected chi connectivity index (χ3v) is 6.37. The van der Waals surface area contributed by atoms with E-state index in [0.29, 0.717) is 17.9 Å². The third kappa shape index (κ3) is 3.66. The predicted molar refractivity (Wildman–Crippen MR) is 116 cm³/mol. The fourth-order valence-electron chi connectivity index (χ4n) is 4.52. The SMILES string of the molecule is CCc1ccc([C@H]2C3=C(C[C@@H](c4ccc(Cl)cc4)CC3=O)N=C(C)C2C#N)cc1. The van der Waals surface area contributed by atoms with Gasteiger partial charge in [-0.2, -0.15) is 5.26 Å². The van der Waals surface area contributed by atoms with Gasteiger partial charge in [0, 0.05) is 34.3 Å². The molecule has 0 aromatic heterocycles. The molecule has 1 aliphatic heterocycles. The molecule has 0 spiro atoms. The molecule has 0 bridgehead atoms. The second-order valence-corrected chi connectivity index (χ2v) is 8.31. The normalized spacial score (nSPS) is 24.0. The molecule has 146 valence electrons. The van der Waals surface area contributed by atoms with Gasteiger partial charge in [-0.1, -0.05) is 54.9 Å². The molecule has 4 heteroatoms. The number of nitriles is 1. The number of carbonyl (C=O) groups is 1. The van der Waals surface area contributed by atoms with E-state index in [1.54, 1.807) is 0 Å². The van der Waals surface area contributed by atoms with Crippen molar-refractivity contribution in [3.05, 3.63) is 81.5 Å². The maximum Gasteiger partial charge on any atom is 0.161 e. The molecule has 0 saturated heterocycles. The summed E-state index contributed by atoms with van der Waals surface area (Å²) in [4.78, 5) is 18.0. The van der Waals surface area contributed by atoms with Gasteiger partial charge in [-0.3, -0.25) is 9.79 Å². The van der Waals surface area contributed by atoms with E-state index < -0.39 is 5.92 Å². The second kappa shape index (κ2) is 7.97. The molecule has 4 rings (SSSR count). The van der Waals surface area contributed by atoms with E-state index in [2.05, 4.69) is 37.3 Å². The maximum atomic E-state index is 13.3. The first-order chi connectivity index (χ1) is 14.0. The van der Waals surface area contributed by atoms with Gasteiger partial charge in [-0.05, 0) is 54.5 Å². The number of halogens is 1. The Morgan fingerprint density at radius 1 is 1.07 bits per heavy atom. The molecule has 3 atom stereocenters. The van der Waals surface area contributed by atoms with Crippen molar-refractivity contribution >= 4 is 23.1 Å². The van der Waals surface area contributed by atoms with Crippen molar-refractivity contribution in [3.8, 4) is 6.07 Å². The van der Waals surface area contributed by atoms with Crippen LogP contribution in [0.1, 0.15) is 55.2 Å². The Morgan fingerprint density at radius 2 is 1.72 bits per heavy atom. The topological polar surface area (TPSA) is 53.2 Å². The first kappa shape index (κ1) is 19.6. The molecule has 0 saturated carbocycles. The van der Waals surface area contributed by atoms with Crippen molar-refractivity contribution in [2.45, 2.75) is 44.9 Å². The summed E-state index contributed by atoms with van der Waals surface area (Å²) >= 11 is 6.02. The minimum Gasteiger partial charge on any atom is -0.294 e. The van der Waals surface area contributed by atoms with Crippen LogP contribution in [0.25, 0.3) is 0 Å². The zero-order chi connectivity index (χ0) is 20.5. The summed E-state index contributed by atoms with van der Waals surface area (Å²) < 4.78 is 0. The van der Waals surface area contributed by atoms with E-state index in [-0.39, 0.29) is 17.6 Å². The summed E-state index contributed by atoms with van der Waals surface area (Å²) in [6.07, 6.45) is 2.11. The van der Waals surface area contributed by atoms with E-state index in [9.17, 15) is 10.1 Å². The first-order valence-electron chi connectivity index (χ1n) is 10.1. The summed E-state index contributed by atoms with van der Waals surface area (Å²) in [7, 11) is 0. The first-order valence-corrected chi connectivity index (χ1v) is 10.4. The van der Waals surface area contributed by atoms with Crippen molar-refractivity contribution in [1.29, 1.82) is 5.26 Å². The summed E-state index contributed by atoms with van der Waals surface area (Å²) in [5.41, 5.74) is 5.74. The number of Topliss-reactive ketones (excluding diaryl/α,β-unsaturated/α-hetero) is 1. The van der Waals surface area contributed by atoms with Crippen LogP contribution in [-0.2, 0) is 11.2 Å². The van der Waals surface area contributed by atoms with E-state index >= 15 is 0 Å². The zero-order valence-corrected chi connectivity index (χ0v) is 17.4. The third-order valence-electron chi connectivity index (χ3n) is 6.12. The highest BCUT2D eigenvalue weighted by atomic mass is 35.5. The number of hydrogen-bond donors (Lipinski definition) is 0. The highest BCUT2D eigenvalue weighted by molar-refractivity contribution is 6.30. The summed E-state index contributed by atoms with van der Waals surface area (Å²) in [6, 6.07) is 18.4. The Hall–Kier alpha value is -2.70. The zero-order valence-electron chi connectivity index (χ0n) is 16.7. The van der Waals surface area contributed by atoms with Crippen molar-refractivity contribution in [2.75, 3.05) is 0 Å². The molecule has 29 heavy (non-hydrogen) atoms. The molecule has 3 nitrogen and oxygen atoms in total. The Morgan fingerprint density at radius 3 is 2.34 bits per heavy atom. The van der Waals surface area contributed by atoms with Gasteiger partial charge < -0.3 is 0 Å². The fraction of sp³-hybridized carbons (Fsp3) is 0.320. The number of carbonyl (C=O) groups excluding carboxylic acids is 1. The van der Waals surface area contributed by atoms with Gasteiger partial charge in [0.2, 0.25) is 0 Å². The lowest BCUT2D eigenvalue weighted by Crippen LogP contribution is -2.32. The molecule has 2 aliphatic rings. The maximum absolute atomic E-state index is 13.3. The van der Waals surface area contributed by atoms with Crippen LogP contribution in [0.3, 0.4) is 0 Å². The smallest absolute Gasteiger partial charge is 0.161 e. The standard InChI is InChI=1S/C25H23ClN2O/c1-3-16-4-6-18(7-5-16)24-21(14-27)15(2)28-22-12-19(13-23(29)25(22)24)17-8-10-20(26)11-9-17/h4-11,19,21,24H,3,12-13H2,1-2H3/t19-,21?,24-/m1/s1. The highest BCUT2D eigenvalue weighted by Gasteiger charge is 2.41. The second-order valence-electron chi connectivity index (χ2n) is 7.87. The van der Waals surface area contributed by atoms with Gasteiger partial charge in [0.15, 0.2) is 5.78 Å². The van der Waals surface area contributed by atoms with Crippen LogP contribution >= 0.6 is 11.6 Å². The molecule has 1 unspecified atom stereocenters. The summed E-state index contributed by atoms with van der Waals surface area (Å²) in [5.74, 6) is -0.446. The molecule has 1 heterocycles. The Balaban J connectivity index is 1.76. The number of rotatable bonds is 3. The number of allylic oxidation sites excluding steroid dienone is 2. The van der Waals surface area contributed by atoms with Crippen LogP contribution < -0.4 is 0 Å². The van der Waals surface area contributed by atoms with Crippen molar-refractivity contribution < 1.29 is 4.79 Å². The van der Waals surface area contributed by atoms with Crippen LogP contribution in [-0.4, -0.2) is 11.5 Å². The highest BCUT2D eigenvalue weighted by Crippen LogP contribution is 2.46. The van der Waals surface area contributed by atoms with E-state index in [1.165, 1.54) is 5.56 Å². The minimum absolute atomic E-state index is 0.0943. The van der Waals surface area contributed by atoms with Crippen LogP contribution in [0.5, 0.6) is 0 Å². The molecular weight excluding hydrogens is 380 g/mol. The van der Waals surface area contributed by atoms with E-state index in [1.807, 2.05) is 31.2 Å². The Kier molecular flexibility index (Phi) is 5.39. The molecule has 2 aromatic rings. The number of aryl methyl sites for hydroxylation is 1. The van der Waals surface area contributed by atoms with Gasteiger partial charge in [0.05, 0.1) is 12.0 Å². The number of hydrogen-bond acceptors (Lipinski definition) is 3. The minimum atomic E-state index is -0.405. The average Bonchev–Trinajstić information content (AvgIpc) is 2.73. The lowest BCUT2D eigenvalue weighted by atomic mass is 9.69. The van der Waals surface area contributed by atoms with Crippen molar-refractivity contribution in [2.24, 2.45) is 10.9 Å². The summed E-state index contributed by atoms with van der Waals surface area (Å²) in [6.45, 7) is 4.02. The Labute approximate surface area is 176 Å². The fourth-order valence-corrected chi connectivity index (χ4v) is 4.64. The number of benzene rings is 2. The van der Waals surface area contributed by atoms with Crippen LogP contribution in [0, 0.1) is 17.2 Å².